The van der Waals surface area contributed by atoms with Crippen LogP contribution in [0.15, 0.2) is 59.5 Å². The first kappa shape index (κ1) is 15.8. The molecule has 0 aliphatic rings. The lowest BCUT2D eigenvalue weighted by Gasteiger charge is -2.10. The summed E-state index contributed by atoms with van der Waals surface area (Å²) < 4.78 is 5.27. The number of carbonyl (C=O) groups is 1. The fraction of sp³-hybridized carbons (Fsp3) is 0.158. The Morgan fingerprint density at radius 3 is 2.79 bits per heavy atom. The van der Waals surface area contributed by atoms with Crippen LogP contribution >= 0.6 is 0 Å². The minimum atomic E-state index is -0.184. The van der Waals surface area contributed by atoms with E-state index in [9.17, 15) is 4.79 Å². The summed E-state index contributed by atoms with van der Waals surface area (Å²) in [7, 11) is 0. The Balaban J connectivity index is 1.69. The SMILES string of the molecule is Cc1ccc(NC(=O)c2cncc(NCc3ccco3)c2)c(C)c1. The first-order valence-electron chi connectivity index (χ1n) is 7.72. The predicted octanol–water partition coefficient (Wildman–Crippen LogP) is 4.16. The molecule has 2 N–H and O–H groups in total. The number of rotatable bonds is 5. The van der Waals surface area contributed by atoms with Crippen LogP contribution in [-0.2, 0) is 6.54 Å². The molecule has 1 aromatic carbocycles. The normalized spacial score (nSPS) is 10.4. The van der Waals surface area contributed by atoms with Gasteiger partial charge in [0.15, 0.2) is 0 Å². The van der Waals surface area contributed by atoms with Gasteiger partial charge in [-0.2, -0.15) is 0 Å². The molecule has 0 saturated heterocycles. The molecule has 24 heavy (non-hydrogen) atoms. The number of hydrogen-bond donors (Lipinski definition) is 2. The van der Waals surface area contributed by atoms with Gasteiger partial charge in [0.25, 0.3) is 5.91 Å². The van der Waals surface area contributed by atoms with Gasteiger partial charge in [-0.1, -0.05) is 17.7 Å². The fourth-order valence-electron chi connectivity index (χ4n) is 2.41. The maximum Gasteiger partial charge on any atom is 0.257 e. The molecule has 3 rings (SSSR count). The Kier molecular flexibility index (Phi) is 4.61. The highest BCUT2D eigenvalue weighted by Gasteiger charge is 2.09. The van der Waals surface area contributed by atoms with Gasteiger partial charge >= 0.3 is 0 Å². The van der Waals surface area contributed by atoms with E-state index in [1.54, 1.807) is 24.7 Å². The summed E-state index contributed by atoms with van der Waals surface area (Å²) >= 11 is 0. The zero-order valence-electron chi connectivity index (χ0n) is 13.7. The maximum absolute atomic E-state index is 12.4. The molecule has 0 radical (unpaired) electrons. The average Bonchev–Trinajstić information content (AvgIpc) is 3.09. The van der Waals surface area contributed by atoms with Gasteiger partial charge in [-0.05, 0) is 43.7 Å². The number of amides is 1. The van der Waals surface area contributed by atoms with E-state index in [4.69, 9.17) is 4.42 Å². The van der Waals surface area contributed by atoms with Crippen molar-refractivity contribution in [2.24, 2.45) is 0 Å². The van der Waals surface area contributed by atoms with E-state index in [0.29, 0.717) is 12.1 Å². The summed E-state index contributed by atoms with van der Waals surface area (Å²) in [4.78, 5) is 16.6. The smallest absolute Gasteiger partial charge is 0.257 e. The molecule has 0 fully saturated rings. The second-order valence-corrected chi connectivity index (χ2v) is 5.67. The minimum absolute atomic E-state index is 0.184. The number of pyridine rings is 1. The lowest BCUT2D eigenvalue weighted by molar-refractivity contribution is 0.102. The molecule has 3 aromatic rings. The second kappa shape index (κ2) is 7.00. The van der Waals surface area contributed by atoms with E-state index in [1.807, 2.05) is 44.2 Å². The molecule has 0 saturated carbocycles. The summed E-state index contributed by atoms with van der Waals surface area (Å²) in [5, 5.41) is 6.11. The van der Waals surface area contributed by atoms with Gasteiger partial charge < -0.3 is 15.1 Å². The fourth-order valence-corrected chi connectivity index (χ4v) is 2.41. The molecule has 0 aliphatic heterocycles. The van der Waals surface area contributed by atoms with Crippen molar-refractivity contribution < 1.29 is 9.21 Å². The number of anilines is 2. The van der Waals surface area contributed by atoms with Gasteiger partial charge in [0, 0.05) is 18.1 Å². The van der Waals surface area contributed by atoms with E-state index in [2.05, 4.69) is 15.6 Å². The Labute approximate surface area is 140 Å². The average molecular weight is 321 g/mol. The van der Waals surface area contributed by atoms with Crippen molar-refractivity contribution in [1.82, 2.24) is 4.98 Å². The van der Waals surface area contributed by atoms with Gasteiger partial charge in [-0.3, -0.25) is 9.78 Å². The van der Waals surface area contributed by atoms with Gasteiger partial charge in [-0.25, -0.2) is 0 Å². The summed E-state index contributed by atoms with van der Waals surface area (Å²) in [5.41, 5.74) is 4.26. The zero-order chi connectivity index (χ0) is 16.9. The first-order chi connectivity index (χ1) is 11.6. The van der Waals surface area contributed by atoms with Crippen LogP contribution in [0.2, 0.25) is 0 Å². The van der Waals surface area contributed by atoms with Crippen LogP contribution in [0, 0.1) is 13.8 Å². The minimum Gasteiger partial charge on any atom is -0.467 e. The number of nitrogens with one attached hydrogen (secondary N) is 2. The molecular weight excluding hydrogens is 302 g/mol. The van der Waals surface area contributed by atoms with Gasteiger partial charge in [0.2, 0.25) is 0 Å². The highest BCUT2D eigenvalue weighted by Crippen LogP contribution is 2.18. The Morgan fingerprint density at radius 1 is 1.17 bits per heavy atom. The van der Waals surface area contributed by atoms with E-state index in [-0.39, 0.29) is 5.91 Å². The molecule has 5 heteroatoms. The molecule has 0 atom stereocenters. The summed E-state index contributed by atoms with van der Waals surface area (Å²) in [6, 6.07) is 11.4. The van der Waals surface area contributed by atoms with Crippen LogP contribution in [0.25, 0.3) is 0 Å². The highest BCUT2D eigenvalue weighted by atomic mass is 16.3. The lowest BCUT2D eigenvalue weighted by Crippen LogP contribution is -2.13. The predicted molar refractivity (Wildman–Crippen MR) is 94.1 cm³/mol. The van der Waals surface area contributed by atoms with Crippen LogP contribution in [0.3, 0.4) is 0 Å². The zero-order valence-corrected chi connectivity index (χ0v) is 13.7. The number of furan rings is 1. The molecule has 0 unspecified atom stereocenters. The van der Waals surface area contributed by atoms with E-state index in [0.717, 1.165) is 28.3 Å². The number of hydrogen-bond acceptors (Lipinski definition) is 4. The quantitative estimate of drug-likeness (QED) is 0.740. The monoisotopic (exact) mass is 321 g/mol. The Bertz CT molecular complexity index is 842. The lowest BCUT2D eigenvalue weighted by atomic mass is 10.1. The number of nitrogens with zero attached hydrogens (tertiary/aromatic N) is 1. The van der Waals surface area contributed by atoms with Gasteiger partial charge in [0.05, 0.1) is 24.1 Å². The third kappa shape index (κ3) is 3.81. The summed E-state index contributed by atoms with van der Waals surface area (Å²) in [6.07, 6.45) is 4.86. The molecule has 0 spiro atoms. The second-order valence-electron chi connectivity index (χ2n) is 5.67. The first-order valence-corrected chi connectivity index (χ1v) is 7.72. The maximum atomic E-state index is 12.4. The Morgan fingerprint density at radius 2 is 2.04 bits per heavy atom. The number of aryl methyl sites for hydroxylation is 2. The Hall–Kier alpha value is -3.08. The van der Waals surface area contributed by atoms with Gasteiger partial charge in [-0.15, -0.1) is 0 Å². The van der Waals surface area contributed by atoms with Crippen molar-refractivity contribution in [3.05, 3.63) is 77.5 Å². The van der Waals surface area contributed by atoms with Crippen molar-refractivity contribution in [2.45, 2.75) is 20.4 Å². The largest absolute Gasteiger partial charge is 0.467 e. The third-order valence-electron chi connectivity index (χ3n) is 3.68. The molecule has 2 aromatic heterocycles. The van der Waals surface area contributed by atoms with E-state index >= 15 is 0 Å². The molecule has 122 valence electrons. The number of benzene rings is 1. The van der Waals surface area contributed by atoms with Crippen molar-refractivity contribution in [3.8, 4) is 0 Å². The topological polar surface area (TPSA) is 67.2 Å². The van der Waals surface area contributed by atoms with Crippen molar-refractivity contribution in [2.75, 3.05) is 10.6 Å². The van der Waals surface area contributed by atoms with Crippen LogP contribution < -0.4 is 10.6 Å². The summed E-state index contributed by atoms with van der Waals surface area (Å²) in [6.45, 7) is 4.54. The van der Waals surface area contributed by atoms with Crippen molar-refractivity contribution >= 4 is 17.3 Å². The van der Waals surface area contributed by atoms with Crippen molar-refractivity contribution in [1.29, 1.82) is 0 Å². The third-order valence-corrected chi connectivity index (χ3v) is 3.68. The van der Waals surface area contributed by atoms with Crippen LogP contribution in [0.4, 0.5) is 11.4 Å². The molecule has 0 aliphatic carbocycles. The van der Waals surface area contributed by atoms with Crippen LogP contribution in [-0.4, -0.2) is 10.9 Å². The van der Waals surface area contributed by atoms with E-state index in [1.165, 1.54) is 0 Å². The van der Waals surface area contributed by atoms with Gasteiger partial charge in [0.1, 0.15) is 5.76 Å². The van der Waals surface area contributed by atoms with Crippen molar-refractivity contribution in [3.63, 3.8) is 0 Å². The summed E-state index contributed by atoms with van der Waals surface area (Å²) in [5.74, 6) is 0.635. The molecular formula is C19H19N3O2. The highest BCUT2D eigenvalue weighted by molar-refractivity contribution is 6.04. The molecule has 2 heterocycles. The molecule has 1 amide bonds. The number of aromatic nitrogens is 1. The van der Waals surface area contributed by atoms with Crippen LogP contribution in [0.1, 0.15) is 27.2 Å². The molecule has 5 nitrogen and oxygen atoms in total. The van der Waals surface area contributed by atoms with Crippen LogP contribution in [0.5, 0.6) is 0 Å². The molecule has 0 bridgehead atoms. The number of carbonyl (C=O) groups excluding carboxylic acids is 1. The van der Waals surface area contributed by atoms with E-state index < -0.39 is 0 Å². The standard InChI is InChI=1S/C19H19N3O2/c1-13-5-6-18(14(2)8-13)22-19(23)15-9-16(11-20-10-15)21-12-17-4-3-7-24-17/h3-11,21H,12H2,1-2H3,(H,22,23).